The van der Waals surface area contributed by atoms with Crippen molar-refractivity contribution in [2.45, 2.75) is 114 Å². The highest BCUT2D eigenvalue weighted by molar-refractivity contribution is 9.10. The lowest BCUT2D eigenvalue weighted by molar-refractivity contribution is 0.160. The first-order valence-corrected chi connectivity index (χ1v) is 24.2. The van der Waals surface area contributed by atoms with Crippen LogP contribution in [0, 0.1) is 0 Å². The summed E-state index contributed by atoms with van der Waals surface area (Å²) in [5.74, 6) is 2.85. The summed E-state index contributed by atoms with van der Waals surface area (Å²) >= 11 is 16.4. The molecule has 12 heteroatoms. The van der Waals surface area contributed by atoms with Crippen LogP contribution in [-0.2, 0) is 51.6 Å². The summed E-state index contributed by atoms with van der Waals surface area (Å²) in [4.78, 5) is 22.1. The quantitative estimate of drug-likeness (QED) is 0.124. The van der Waals surface area contributed by atoms with Crippen LogP contribution >= 0.6 is 39.1 Å². The molecule has 0 bridgehead atoms. The third-order valence-electron chi connectivity index (χ3n) is 13.9. The number of halogens is 3. The number of hydrogen-bond donors (Lipinski definition) is 4. The molecule has 320 valence electrons. The van der Waals surface area contributed by atoms with E-state index in [0.717, 1.165) is 97.0 Å². The number of imidazole rings is 2. The normalized spacial score (nSPS) is 20.7. The van der Waals surface area contributed by atoms with Gasteiger partial charge in [-0.1, -0.05) is 101 Å². The molecule has 8 nitrogen and oxygen atoms in total. The first kappa shape index (κ1) is 42.2. The minimum Gasteiger partial charge on any atom is -0.427 e. The van der Waals surface area contributed by atoms with Crippen molar-refractivity contribution in [1.29, 1.82) is 0 Å². The Bertz CT molecular complexity index is 2550. The van der Waals surface area contributed by atoms with Gasteiger partial charge in [-0.05, 0) is 127 Å². The van der Waals surface area contributed by atoms with Gasteiger partial charge in [0.1, 0.15) is 11.6 Å². The molecule has 4 N–H and O–H groups in total. The maximum atomic E-state index is 8.25. The van der Waals surface area contributed by atoms with E-state index in [1.54, 1.807) is 16.7 Å². The second-order valence-electron chi connectivity index (χ2n) is 18.2. The Balaban J connectivity index is 0.000000131. The fourth-order valence-electron chi connectivity index (χ4n) is 9.97. The molecule has 12 rings (SSSR count). The van der Waals surface area contributed by atoms with Crippen molar-refractivity contribution in [3.63, 3.8) is 0 Å². The summed E-state index contributed by atoms with van der Waals surface area (Å²) in [6.07, 6.45) is 14.0. The van der Waals surface area contributed by atoms with Crippen LogP contribution in [0.25, 0.3) is 22.8 Å². The molecular weight excluding hydrogens is 878 g/mol. The molecule has 2 aliphatic heterocycles. The number of hydrogen-bond acceptors (Lipinski definition) is 6. The lowest BCUT2D eigenvalue weighted by Crippen LogP contribution is -2.42. The van der Waals surface area contributed by atoms with Gasteiger partial charge >= 0.3 is 7.12 Å². The van der Waals surface area contributed by atoms with Gasteiger partial charge < -0.3 is 20.0 Å². The van der Waals surface area contributed by atoms with E-state index >= 15 is 0 Å². The molecule has 0 spiro atoms. The Hall–Kier alpha value is -3.74. The third kappa shape index (κ3) is 9.53. The van der Waals surface area contributed by atoms with Gasteiger partial charge in [0.25, 0.3) is 0 Å². The van der Waals surface area contributed by atoms with Crippen molar-refractivity contribution in [2.75, 3.05) is 13.1 Å². The Morgan fingerprint density at radius 1 is 0.597 bits per heavy atom. The van der Waals surface area contributed by atoms with Gasteiger partial charge in [0.15, 0.2) is 0 Å². The second-order valence-corrected chi connectivity index (χ2v) is 19.9. The summed E-state index contributed by atoms with van der Waals surface area (Å²) in [5.41, 5.74) is 14.6. The number of H-pyrrole nitrogens is 2. The molecular formula is C50H54BBrCl2N6O2. The van der Waals surface area contributed by atoms with E-state index < -0.39 is 7.12 Å². The SMILES string of the molecule is Clc1ccccc1-c1nc2c([nH]1)CN(C1CCc3ccc(Br)cc3C1)CC2.Clc1ccccc1-c1nc2c([nH]1)CN(C1CCc3ccc(C4CC4)cc3C1)CC2.OB(O)C1CC1. The Kier molecular flexibility index (Phi) is 12.5. The second kappa shape index (κ2) is 18.4. The van der Waals surface area contributed by atoms with Crippen molar-refractivity contribution < 1.29 is 10.0 Å². The molecule has 0 radical (unpaired) electrons. The number of aromatic nitrogens is 4. The molecule has 2 atom stereocenters. The van der Waals surface area contributed by atoms with E-state index in [4.69, 9.17) is 43.2 Å². The van der Waals surface area contributed by atoms with Crippen LogP contribution in [0.15, 0.2) is 89.4 Å². The van der Waals surface area contributed by atoms with E-state index in [-0.39, 0.29) is 5.82 Å². The molecule has 4 aromatic carbocycles. The average molecular weight is 933 g/mol. The maximum absolute atomic E-state index is 8.25. The summed E-state index contributed by atoms with van der Waals surface area (Å²) in [5, 5.41) is 18.0. The van der Waals surface area contributed by atoms with Crippen LogP contribution in [0.5, 0.6) is 0 Å². The lowest BCUT2D eigenvalue weighted by Gasteiger charge is -2.37. The molecule has 4 heterocycles. The smallest absolute Gasteiger partial charge is 0.427 e. The van der Waals surface area contributed by atoms with Crippen molar-refractivity contribution in [3.05, 3.63) is 150 Å². The van der Waals surface area contributed by atoms with E-state index in [1.807, 2.05) is 48.5 Å². The molecule has 0 saturated heterocycles. The third-order valence-corrected chi connectivity index (χ3v) is 15.1. The van der Waals surface area contributed by atoms with Crippen molar-refractivity contribution >= 4 is 46.3 Å². The molecule has 2 fully saturated rings. The topological polar surface area (TPSA) is 104 Å². The minimum atomic E-state index is -1.04. The van der Waals surface area contributed by atoms with Crippen LogP contribution in [0.1, 0.15) is 95.0 Å². The number of fused-ring (bicyclic) bond motifs is 4. The lowest BCUT2D eigenvalue weighted by atomic mass is 9.84. The highest BCUT2D eigenvalue weighted by Gasteiger charge is 2.34. The minimum absolute atomic E-state index is 0.213. The van der Waals surface area contributed by atoms with Gasteiger partial charge in [0.2, 0.25) is 0 Å². The molecule has 62 heavy (non-hydrogen) atoms. The summed E-state index contributed by atoms with van der Waals surface area (Å²) in [6, 6.07) is 31.1. The van der Waals surface area contributed by atoms with Gasteiger partial charge in [0, 0.05) is 66.7 Å². The summed E-state index contributed by atoms with van der Waals surface area (Å²) < 4.78 is 1.18. The number of rotatable bonds is 6. The van der Waals surface area contributed by atoms with Crippen molar-refractivity contribution in [2.24, 2.45) is 0 Å². The predicted molar refractivity (Wildman–Crippen MR) is 254 cm³/mol. The molecule has 6 aliphatic rings. The Morgan fingerprint density at radius 3 is 1.60 bits per heavy atom. The Morgan fingerprint density at radius 2 is 1.11 bits per heavy atom. The van der Waals surface area contributed by atoms with Crippen LogP contribution in [-0.4, -0.2) is 72.1 Å². The monoisotopic (exact) mass is 930 g/mol. The predicted octanol–water partition coefficient (Wildman–Crippen LogP) is 10.6. The number of aromatic amines is 2. The van der Waals surface area contributed by atoms with E-state index in [0.29, 0.717) is 12.1 Å². The highest BCUT2D eigenvalue weighted by atomic mass is 79.9. The average Bonchev–Trinajstić information content (AvgIpc) is 4.24. The molecule has 2 aromatic heterocycles. The van der Waals surface area contributed by atoms with Crippen LogP contribution in [0.3, 0.4) is 0 Å². The zero-order valence-electron chi connectivity index (χ0n) is 35.1. The fraction of sp³-hybridized carbons (Fsp3) is 0.400. The summed E-state index contributed by atoms with van der Waals surface area (Å²) in [7, 11) is -1.04. The fourth-order valence-corrected chi connectivity index (χ4v) is 10.8. The molecule has 0 amide bonds. The van der Waals surface area contributed by atoms with Gasteiger partial charge in [0.05, 0.1) is 32.8 Å². The van der Waals surface area contributed by atoms with Gasteiger partial charge in [-0.2, -0.15) is 0 Å². The van der Waals surface area contributed by atoms with Crippen molar-refractivity contribution in [1.82, 2.24) is 29.7 Å². The van der Waals surface area contributed by atoms with Crippen LogP contribution in [0.4, 0.5) is 0 Å². The number of aryl methyl sites for hydroxylation is 2. The maximum Gasteiger partial charge on any atom is 0.454 e. The number of nitrogens with one attached hydrogen (secondary N) is 2. The molecule has 6 aromatic rings. The summed E-state index contributed by atoms with van der Waals surface area (Å²) in [6.45, 7) is 4.09. The van der Waals surface area contributed by atoms with E-state index in [2.05, 4.69) is 72.1 Å². The number of benzene rings is 4. The van der Waals surface area contributed by atoms with E-state index in [9.17, 15) is 0 Å². The standard InChI is InChI=1S/C25H26ClN3.C22H21BrClN3.C3H7BO2/c26-22-4-2-1-3-21(22)25-27-23-11-12-29(15-24(23)28-25)20-10-9-17-7-8-18(16-5-6-16)13-19(17)14-20;23-16-7-5-14-6-8-17(12-15(14)11-16)27-10-9-20-21(13-27)26-22(25-20)18-3-1-2-4-19(18)24;5-4(6)3-1-2-3/h1-4,7-8,13,16,20H,5-6,9-12,14-15H2,(H,27,28);1-5,7,11,17H,6,8-10,12-13H2,(H,25,26);3,5-6H,1-2H2. The Labute approximate surface area is 383 Å². The van der Waals surface area contributed by atoms with Gasteiger partial charge in [-0.3, -0.25) is 9.80 Å². The molecule has 4 aliphatic carbocycles. The zero-order valence-corrected chi connectivity index (χ0v) is 38.2. The van der Waals surface area contributed by atoms with Crippen LogP contribution < -0.4 is 0 Å². The molecule has 2 unspecified atom stereocenters. The first-order chi connectivity index (χ1) is 30.2. The van der Waals surface area contributed by atoms with Gasteiger partial charge in [-0.25, -0.2) is 9.97 Å². The highest BCUT2D eigenvalue weighted by Crippen LogP contribution is 2.42. The largest absolute Gasteiger partial charge is 0.454 e. The zero-order chi connectivity index (χ0) is 42.3. The van der Waals surface area contributed by atoms with E-state index in [1.165, 1.54) is 83.3 Å². The van der Waals surface area contributed by atoms with Gasteiger partial charge in [-0.15, -0.1) is 0 Å². The van der Waals surface area contributed by atoms with Crippen LogP contribution in [0.2, 0.25) is 15.9 Å². The molecule has 2 saturated carbocycles. The first-order valence-electron chi connectivity index (χ1n) is 22.6. The number of nitrogens with zero attached hydrogens (tertiary/aromatic N) is 4. The van der Waals surface area contributed by atoms with Crippen molar-refractivity contribution in [3.8, 4) is 22.8 Å².